The van der Waals surface area contributed by atoms with Crippen molar-refractivity contribution in [3.63, 3.8) is 0 Å². The third kappa shape index (κ3) is 3.14. The van der Waals surface area contributed by atoms with Gasteiger partial charge in [0.1, 0.15) is 4.21 Å². The fraction of sp³-hybridized carbons (Fsp3) is 0.636. The molecule has 0 aromatic carbocycles. The standard InChI is InChI=1S/C11H16BrNO3S2/c12-9-4-5-10(17-9)18(15,16)13-11(8-14)6-2-1-3-7-11/h4-5,13-14H,1-3,6-8H2. The second-order valence-electron chi connectivity index (χ2n) is 4.66. The van der Waals surface area contributed by atoms with Crippen LogP contribution < -0.4 is 4.72 Å². The van der Waals surface area contributed by atoms with E-state index in [0.717, 1.165) is 23.0 Å². The van der Waals surface area contributed by atoms with Crippen LogP contribution in [0.1, 0.15) is 32.1 Å². The normalized spacial score (nSPS) is 19.9. The molecule has 0 atom stereocenters. The van der Waals surface area contributed by atoms with E-state index in [1.807, 2.05) is 0 Å². The molecule has 1 aromatic rings. The first-order chi connectivity index (χ1) is 8.47. The molecule has 18 heavy (non-hydrogen) atoms. The largest absolute Gasteiger partial charge is 0.394 e. The highest BCUT2D eigenvalue weighted by Gasteiger charge is 2.36. The van der Waals surface area contributed by atoms with Crippen molar-refractivity contribution in [2.75, 3.05) is 6.61 Å². The molecule has 102 valence electrons. The van der Waals surface area contributed by atoms with Crippen LogP contribution in [0.4, 0.5) is 0 Å². The number of thiophene rings is 1. The van der Waals surface area contributed by atoms with Crippen molar-refractivity contribution in [3.8, 4) is 0 Å². The molecule has 1 aliphatic carbocycles. The van der Waals surface area contributed by atoms with E-state index >= 15 is 0 Å². The molecule has 0 spiro atoms. The minimum atomic E-state index is -3.53. The highest BCUT2D eigenvalue weighted by Crippen LogP contribution is 2.31. The van der Waals surface area contributed by atoms with Crippen LogP contribution >= 0.6 is 27.3 Å². The van der Waals surface area contributed by atoms with Crippen LogP contribution in [-0.2, 0) is 10.0 Å². The van der Waals surface area contributed by atoms with Crippen LogP contribution in [0, 0.1) is 0 Å². The number of hydrogen-bond donors (Lipinski definition) is 2. The second kappa shape index (κ2) is 5.58. The smallest absolute Gasteiger partial charge is 0.250 e. The van der Waals surface area contributed by atoms with Gasteiger partial charge >= 0.3 is 0 Å². The molecule has 4 nitrogen and oxygen atoms in total. The zero-order valence-electron chi connectivity index (χ0n) is 9.86. The molecule has 0 unspecified atom stereocenters. The Labute approximate surface area is 120 Å². The van der Waals surface area contributed by atoms with E-state index in [1.54, 1.807) is 12.1 Å². The van der Waals surface area contributed by atoms with Crippen molar-refractivity contribution in [1.82, 2.24) is 4.72 Å². The quantitative estimate of drug-likeness (QED) is 0.873. The minimum absolute atomic E-state index is 0.140. The van der Waals surface area contributed by atoms with Crippen LogP contribution in [-0.4, -0.2) is 25.7 Å². The van der Waals surface area contributed by atoms with Crippen LogP contribution in [0.3, 0.4) is 0 Å². The molecule has 1 aromatic heterocycles. The van der Waals surface area contributed by atoms with Crippen molar-refractivity contribution in [2.45, 2.75) is 41.9 Å². The van der Waals surface area contributed by atoms with Gasteiger partial charge in [0.05, 0.1) is 15.9 Å². The van der Waals surface area contributed by atoms with Crippen molar-refractivity contribution in [3.05, 3.63) is 15.9 Å². The third-order valence-electron chi connectivity index (χ3n) is 3.28. The molecule has 1 saturated carbocycles. The Kier molecular flexibility index (Phi) is 4.48. The van der Waals surface area contributed by atoms with Gasteiger partial charge in [-0.15, -0.1) is 11.3 Å². The third-order valence-corrected chi connectivity index (χ3v) is 6.97. The lowest BCUT2D eigenvalue weighted by Gasteiger charge is -2.35. The Morgan fingerprint density at radius 3 is 2.50 bits per heavy atom. The van der Waals surface area contributed by atoms with E-state index in [1.165, 1.54) is 11.3 Å². The fourth-order valence-electron chi connectivity index (χ4n) is 2.30. The van der Waals surface area contributed by atoms with Gasteiger partial charge in [0.25, 0.3) is 10.0 Å². The lowest BCUT2D eigenvalue weighted by Crippen LogP contribution is -2.52. The minimum Gasteiger partial charge on any atom is -0.394 e. The predicted octanol–water partition coefficient (Wildman–Crippen LogP) is 2.48. The number of aliphatic hydroxyl groups is 1. The van der Waals surface area contributed by atoms with Crippen molar-refractivity contribution >= 4 is 37.3 Å². The first-order valence-electron chi connectivity index (χ1n) is 5.88. The molecule has 2 N–H and O–H groups in total. The summed E-state index contributed by atoms with van der Waals surface area (Å²) in [6.45, 7) is -0.140. The highest BCUT2D eigenvalue weighted by atomic mass is 79.9. The molecule has 0 amide bonds. The topological polar surface area (TPSA) is 66.4 Å². The van der Waals surface area contributed by atoms with Gasteiger partial charge in [-0.2, -0.15) is 0 Å². The number of nitrogens with one attached hydrogen (secondary N) is 1. The van der Waals surface area contributed by atoms with Gasteiger partial charge < -0.3 is 5.11 Å². The first-order valence-corrected chi connectivity index (χ1v) is 8.97. The number of hydrogen-bond acceptors (Lipinski definition) is 4. The molecule has 1 heterocycles. The van der Waals surface area contributed by atoms with E-state index in [9.17, 15) is 13.5 Å². The summed E-state index contributed by atoms with van der Waals surface area (Å²) in [5.74, 6) is 0. The number of sulfonamides is 1. The molecule has 0 bridgehead atoms. The van der Waals surface area contributed by atoms with Crippen LogP contribution in [0.2, 0.25) is 0 Å². The average Bonchev–Trinajstić information content (AvgIpc) is 2.77. The van der Waals surface area contributed by atoms with Crippen molar-refractivity contribution in [2.24, 2.45) is 0 Å². The van der Waals surface area contributed by atoms with Crippen molar-refractivity contribution in [1.29, 1.82) is 0 Å². The van der Waals surface area contributed by atoms with E-state index in [2.05, 4.69) is 20.7 Å². The molecule has 1 fully saturated rings. The molecule has 7 heteroatoms. The summed E-state index contributed by atoms with van der Waals surface area (Å²) in [5.41, 5.74) is -0.673. The lowest BCUT2D eigenvalue weighted by atomic mass is 9.83. The SMILES string of the molecule is O=S(=O)(NC1(CO)CCCCC1)c1ccc(Br)s1. The summed E-state index contributed by atoms with van der Waals surface area (Å²) in [6.07, 6.45) is 4.42. The van der Waals surface area contributed by atoms with E-state index < -0.39 is 15.6 Å². The number of rotatable bonds is 4. The summed E-state index contributed by atoms with van der Waals surface area (Å²) >= 11 is 4.43. The summed E-state index contributed by atoms with van der Waals surface area (Å²) in [4.78, 5) is 0. The Bertz CT molecular complexity index is 506. The monoisotopic (exact) mass is 353 g/mol. The van der Waals surface area contributed by atoms with E-state index in [4.69, 9.17) is 0 Å². The Morgan fingerprint density at radius 1 is 1.33 bits per heavy atom. The maximum absolute atomic E-state index is 12.2. The van der Waals surface area contributed by atoms with Gasteiger partial charge in [0.15, 0.2) is 0 Å². The van der Waals surface area contributed by atoms with Gasteiger partial charge in [-0.3, -0.25) is 0 Å². The van der Waals surface area contributed by atoms with Gasteiger partial charge in [0, 0.05) is 0 Å². The molecule has 0 aliphatic heterocycles. The zero-order valence-corrected chi connectivity index (χ0v) is 13.1. The van der Waals surface area contributed by atoms with Crippen molar-refractivity contribution < 1.29 is 13.5 Å². The Hall–Kier alpha value is 0.0500. The molecule has 2 rings (SSSR count). The van der Waals surface area contributed by atoms with Crippen LogP contribution in [0.5, 0.6) is 0 Å². The zero-order chi connectivity index (χ0) is 13.2. The molecular weight excluding hydrogens is 338 g/mol. The fourth-order valence-corrected chi connectivity index (χ4v) is 5.76. The Morgan fingerprint density at radius 2 is 2.00 bits per heavy atom. The van der Waals surface area contributed by atoms with Gasteiger partial charge in [0.2, 0.25) is 0 Å². The average molecular weight is 354 g/mol. The van der Waals surface area contributed by atoms with E-state index in [0.29, 0.717) is 12.8 Å². The van der Waals surface area contributed by atoms with Gasteiger partial charge in [-0.1, -0.05) is 19.3 Å². The van der Waals surface area contributed by atoms with Crippen LogP contribution in [0.25, 0.3) is 0 Å². The predicted molar refractivity (Wildman–Crippen MR) is 75.2 cm³/mol. The summed E-state index contributed by atoms with van der Waals surface area (Å²) in [7, 11) is -3.53. The number of halogens is 1. The molecule has 1 aliphatic rings. The molecule has 0 radical (unpaired) electrons. The molecule has 0 saturated heterocycles. The van der Waals surface area contributed by atoms with Gasteiger partial charge in [-0.25, -0.2) is 13.1 Å². The lowest BCUT2D eigenvalue weighted by molar-refractivity contribution is 0.142. The summed E-state index contributed by atoms with van der Waals surface area (Å²) in [5, 5.41) is 9.52. The summed E-state index contributed by atoms with van der Waals surface area (Å²) in [6, 6.07) is 3.29. The highest BCUT2D eigenvalue weighted by molar-refractivity contribution is 9.11. The molecular formula is C11H16BrNO3S2. The Balaban J connectivity index is 2.21. The van der Waals surface area contributed by atoms with E-state index in [-0.39, 0.29) is 10.8 Å². The van der Waals surface area contributed by atoms with Crippen LogP contribution in [0.15, 0.2) is 20.1 Å². The second-order valence-corrected chi connectivity index (χ2v) is 9.04. The first kappa shape index (κ1) is 14.5. The maximum atomic E-state index is 12.2. The van der Waals surface area contributed by atoms with Gasteiger partial charge in [-0.05, 0) is 40.9 Å². The summed E-state index contributed by atoms with van der Waals surface area (Å²) < 4.78 is 28.3. The number of aliphatic hydroxyl groups excluding tert-OH is 1. The maximum Gasteiger partial charge on any atom is 0.250 e.